The first kappa shape index (κ1) is 24.7. The van der Waals surface area contributed by atoms with Crippen LogP contribution in [0.5, 0.6) is 5.88 Å². The highest BCUT2D eigenvalue weighted by molar-refractivity contribution is 7.19. The second kappa shape index (κ2) is 10.1. The van der Waals surface area contributed by atoms with E-state index in [1.807, 2.05) is 39.5 Å². The van der Waals surface area contributed by atoms with E-state index in [1.54, 1.807) is 17.7 Å². The van der Waals surface area contributed by atoms with E-state index in [2.05, 4.69) is 16.0 Å². The van der Waals surface area contributed by atoms with Crippen molar-refractivity contribution >= 4 is 27.6 Å². The van der Waals surface area contributed by atoms with Gasteiger partial charge in [-0.3, -0.25) is 0 Å². The van der Waals surface area contributed by atoms with Gasteiger partial charge in [0.15, 0.2) is 0 Å². The van der Waals surface area contributed by atoms with Gasteiger partial charge in [-0.1, -0.05) is 0 Å². The number of rotatable bonds is 6. The number of hydrogen-bond donors (Lipinski definition) is 0. The predicted molar refractivity (Wildman–Crippen MR) is 133 cm³/mol. The summed E-state index contributed by atoms with van der Waals surface area (Å²) in [5, 5.41) is 10.4. The number of aryl methyl sites for hydroxylation is 1. The van der Waals surface area contributed by atoms with Gasteiger partial charge in [-0.25, -0.2) is 14.8 Å². The van der Waals surface area contributed by atoms with Crippen molar-refractivity contribution in [1.82, 2.24) is 14.9 Å². The molecule has 8 heteroatoms. The molecule has 2 aliphatic carbocycles. The molecule has 0 spiro atoms. The molecule has 1 saturated carbocycles. The van der Waals surface area contributed by atoms with Gasteiger partial charge in [0.05, 0.1) is 11.5 Å². The molecule has 0 aromatic carbocycles. The fourth-order valence-corrected chi connectivity index (χ4v) is 6.57. The summed E-state index contributed by atoms with van der Waals surface area (Å²) in [5.41, 5.74) is 0.820. The maximum Gasteiger partial charge on any atom is 0.410 e. The largest absolute Gasteiger partial charge is 0.474 e. The summed E-state index contributed by atoms with van der Waals surface area (Å²) >= 11 is 1.74. The summed E-state index contributed by atoms with van der Waals surface area (Å²) in [7, 11) is 0. The number of carbonyl (C=O) groups excluding carboxylic acids is 1. The average molecular weight is 485 g/mol. The van der Waals surface area contributed by atoms with Gasteiger partial charge in [0, 0.05) is 23.4 Å². The zero-order valence-electron chi connectivity index (χ0n) is 21.0. The molecule has 4 rings (SSSR count). The van der Waals surface area contributed by atoms with Crippen molar-refractivity contribution in [2.45, 2.75) is 103 Å². The molecule has 2 aromatic heterocycles. The van der Waals surface area contributed by atoms with Crippen LogP contribution in [0, 0.1) is 17.2 Å². The first-order valence-electron chi connectivity index (χ1n) is 12.5. The first-order valence-corrected chi connectivity index (χ1v) is 13.3. The minimum Gasteiger partial charge on any atom is -0.474 e. The zero-order valence-corrected chi connectivity index (χ0v) is 21.8. The molecular formula is C26H36N4O3S. The molecule has 184 valence electrons. The second-order valence-electron chi connectivity index (χ2n) is 10.6. The van der Waals surface area contributed by atoms with E-state index in [0.29, 0.717) is 18.3 Å². The number of thiophene rings is 1. The van der Waals surface area contributed by atoms with Crippen LogP contribution in [0.15, 0.2) is 6.33 Å². The second-order valence-corrected chi connectivity index (χ2v) is 11.7. The predicted octanol–water partition coefficient (Wildman–Crippen LogP) is 6.22. The lowest BCUT2D eigenvalue weighted by Gasteiger charge is -2.37. The molecule has 0 saturated heterocycles. The smallest absolute Gasteiger partial charge is 0.410 e. The van der Waals surface area contributed by atoms with E-state index in [0.717, 1.165) is 55.2 Å². The molecule has 0 N–H and O–H groups in total. The van der Waals surface area contributed by atoms with Crippen LogP contribution in [0.2, 0.25) is 0 Å². The molecule has 0 aliphatic heterocycles. The number of carbonyl (C=O) groups is 1. The van der Waals surface area contributed by atoms with Gasteiger partial charge in [-0.2, -0.15) is 5.26 Å². The van der Waals surface area contributed by atoms with Crippen LogP contribution in [0.25, 0.3) is 10.2 Å². The monoisotopic (exact) mass is 484 g/mol. The molecule has 2 atom stereocenters. The van der Waals surface area contributed by atoms with Crippen LogP contribution in [0.4, 0.5) is 4.79 Å². The summed E-state index contributed by atoms with van der Waals surface area (Å²) in [5.74, 6) is 1.08. The normalized spacial score (nSPS) is 23.2. The average Bonchev–Trinajstić information content (AvgIpc) is 3.34. The van der Waals surface area contributed by atoms with E-state index in [9.17, 15) is 10.1 Å². The van der Waals surface area contributed by atoms with Crippen molar-refractivity contribution in [2.75, 3.05) is 6.54 Å². The highest BCUT2D eigenvalue weighted by Gasteiger charge is 2.34. The number of fused-ring (bicyclic) bond motifs is 3. The number of aromatic nitrogens is 2. The summed E-state index contributed by atoms with van der Waals surface area (Å²) in [6.45, 7) is 10.3. The van der Waals surface area contributed by atoms with Gasteiger partial charge >= 0.3 is 6.09 Å². The Bertz CT molecular complexity index is 1060. The van der Waals surface area contributed by atoms with Crippen LogP contribution in [0.3, 0.4) is 0 Å². The SMILES string of the molecule is CCN(C(=O)OC(C)(C)C)[C@H]1CC[C@H](Oc2ncnc3sc4c(c23)[C@@H](CC(C)C#N)CC4)CC1. The number of nitriles is 1. The third-order valence-electron chi connectivity index (χ3n) is 6.89. The molecule has 1 unspecified atom stereocenters. The first-order chi connectivity index (χ1) is 16.2. The Hall–Kier alpha value is -2.40. The molecule has 1 fully saturated rings. The van der Waals surface area contributed by atoms with Crippen LogP contribution < -0.4 is 4.74 Å². The minimum atomic E-state index is -0.493. The Morgan fingerprint density at radius 3 is 2.65 bits per heavy atom. The Balaban J connectivity index is 1.46. The third-order valence-corrected chi connectivity index (χ3v) is 8.06. The van der Waals surface area contributed by atoms with E-state index < -0.39 is 5.60 Å². The molecule has 1 amide bonds. The lowest BCUT2D eigenvalue weighted by molar-refractivity contribution is 0.00812. The Morgan fingerprint density at radius 2 is 2.00 bits per heavy atom. The van der Waals surface area contributed by atoms with Gasteiger partial charge in [0.25, 0.3) is 0 Å². The van der Waals surface area contributed by atoms with Crippen LogP contribution in [0.1, 0.15) is 89.5 Å². The zero-order chi connectivity index (χ0) is 24.5. The molecule has 7 nitrogen and oxygen atoms in total. The van der Waals surface area contributed by atoms with Crippen molar-refractivity contribution in [2.24, 2.45) is 5.92 Å². The topological polar surface area (TPSA) is 88.3 Å². The highest BCUT2D eigenvalue weighted by atomic mass is 32.1. The standard InChI is InChI=1S/C26H36N4O3S/c1-6-30(25(31)33-26(3,4)5)18-8-10-19(11-9-18)32-23-22-21-17(13-16(2)14-27)7-12-20(21)34-24(22)29-15-28-23/h15-19H,6-13H2,1-5H3/t16?,17-,18-,19-/m1/s1. The maximum atomic E-state index is 12.7. The van der Waals surface area contributed by atoms with Gasteiger partial charge in [-0.05, 0) is 91.0 Å². The molecule has 2 aromatic rings. The summed E-state index contributed by atoms with van der Waals surface area (Å²) in [4.78, 5) is 25.9. The quantitative estimate of drug-likeness (QED) is 0.484. The molecular weight excluding hydrogens is 448 g/mol. The van der Waals surface area contributed by atoms with Crippen LogP contribution in [-0.4, -0.2) is 45.3 Å². The van der Waals surface area contributed by atoms with E-state index in [1.165, 1.54) is 10.4 Å². The summed E-state index contributed by atoms with van der Waals surface area (Å²) in [6, 6.07) is 2.56. The maximum absolute atomic E-state index is 12.7. The van der Waals surface area contributed by atoms with Gasteiger partial charge < -0.3 is 14.4 Å². The van der Waals surface area contributed by atoms with E-state index in [4.69, 9.17) is 9.47 Å². The van der Waals surface area contributed by atoms with Gasteiger partial charge in [-0.15, -0.1) is 11.3 Å². The molecule has 2 heterocycles. The summed E-state index contributed by atoms with van der Waals surface area (Å²) < 4.78 is 12.1. The number of nitrogens with zero attached hydrogens (tertiary/aromatic N) is 4. The number of ether oxygens (including phenoxy) is 2. The molecule has 2 aliphatic rings. The fraction of sp³-hybridized carbons (Fsp3) is 0.692. The third kappa shape index (κ3) is 5.30. The van der Waals surface area contributed by atoms with Crippen molar-refractivity contribution in [3.63, 3.8) is 0 Å². The summed E-state index contributed by atoms with van der Waals surface area (Å²) in [6.07, 6.45) is 7.94. The Labute approximate surface area is 206 Å². The lowest BCUT2D eigenvalue weighted by atomic mass is 9.91. The number of amides is 1. The van der Waals surface area contributed by atoms with Crippen molar-refractivity contribution < 1.29 is 14.3 Å². The molecule has 34 heavy (non-hydrogen) atoms. The van der Waals surface area contributed by atoms with E-state index in [-0.39, 0.29) is 24.2 Å². The highest BCUT2D eigenvalue weighted by Crippen LogP contribution is 2.48. The van der Waals surface area contributed by atoms with Crippen LogP contribution in [-0.2, 0) is 11.2 Å². The fourth-order valence-electron chi connectivity index (χ4n) is 5.33. The Kier molecular flexibility index (Phi) is 7.32. The number of hydrogen-bond acceptors (Lipinski definition) is 7. The lowest BCUT2D eigenvalue weighted by Crippen LogP contribution is -2.45. The van der Waals surface area contributed by atoms with Crippen molar-refractivity contribution in [1.29, 1.82) is 5.26 Å². The molecule has 0 bridgehead atoms. The Morgan fingerprint density at radius 1 is 1.26 bits per heavy atom. The van der Waals surface area contributed by atoms with Crippen LogP contribution >= 0.6 is 11.3 Å². The van der Waals surface area contributed by atoms with Gasteiger partial charge in [0.1, 0.15) is 22.9 Å². The minimum absolute atomic E-state index is 0.0293. The van der Waals surface area contributed by atoms with E-state index >= 15 is 0 Å². The van der Waals surface area contributed by atoms with Crippen molar-refractivity contribution in [3.8, 4) is 11.9 Å². The van der Waals surface area contributed by atoms with Gasteiger partial charge in [0.2, 0.25) is 5.88 Å². The molecule has 0 radical (unpaired) electrons. The van der Waals surface area contributed by atoms with Crippen molar-refractivity contribution in [3.05, 3.63) is 16.8 Å².